The van der Waals surface area contributed by atoms with E-state index >= 15 is 0 Å². The van der Waals surface area contributed by atoms with E-state index in [2.05, 4.69) is 51.9 Å². The van der Waals surface area contributed by atoms with Crippen LogP contribution in [0.1, 0.15) is 24.2 Å². The molecule has 60 heavy (non-hydrogen) atoms. The normalized spacial score (nSPS) is 14.5. The van der Waals surface area contributed by atoms with Crippen molar-refractivity contribution in [1.82, 2.24) is 39.3 Å². The Hall–Kier alpha value is -6.54. The van der Waals surface area contributed by atoms with Crippen molar-refractivity contribution in [2.75, 3.05) is 89.5 Å². The number of aryl methyl sites for hydroxylation is 4. The molecule has 4 heterocycles. The molecule has 2 fully saturated rings. The molecule has 0 atom stereocenters. The minimum atomic E-state index is -1.26. The van der Waals surface area contributed by atoms with Crippen LogP contribution in [0.25, 0.3) is 0 Å². The van der Waals surface area contributed by atoms with E-state index in [4.69, 9.17) is 19.7 Å². The quantitative estimate of drug-likeness (QED) is 0.127. The number of nitrogens with one attached hydrogen (secondary N) is 2. The van der Waals surface area contributed by atoms with Crippen LogP contribution in [0.4, 0.5) is 11.4 Å². The van der Waals surface area contributed by atoms with Crippen molar-refractivity contribution in [2.24, 2.45) is 0 Å². The van der Waals surface area contributed by atoms with Crippen LogP contribution in [0.3, 0.4) is 0 Å². The van der Waals surface area contributed by atoms with E-state index in [9.17, 15) is 28.8 Å². The highest BCUT2D eigenvalue weighted by Gasteiger charge is 2.21. The fraction of sp³-hybridized carbons (Fsp3) is 0.450. The molecule has 0 spiro atoms. The van der Waals surface area contributed by atoms with Crippen molar-refractivity contribution in [2.45, 2.75) is 39.8 Å². The third kappa shape index (κ3) is 14.1. The first-order valence-electron chi connectivity index (χ1n) is 19.5. The molecule has 0 unspecified atom stereocenters. The second-order valence-corrected chi connectivity index (χ2v) is 13.9. The van der Waals surface area contributed by atoms with Gasteiger partial charge in [0.25, 0.3) is 11.1 Å². The molecule has 0 saturated carbocycles. The fourth-order valence-electron chi connectivity index (χ4n) is 6.59. The molecule has 20 nitrogen and oxygen atoms in total. The molecule has 2 saturated heterocycles. The van der Waals surface area contributed by atoms with Gasteiger partial charge in [-0.3, -0.25) is 29.4 Å². The van der Waals surface area contributed by atoms with Crippen molar-refractivity contribution in [3.63, 3.8) is 0 Å². The SMILES string of the molecule is COc1ccccc1N1CCN(CCCn2nc(C)c(=O)[nH]c2=O)CC1.COc1ccccc1N1CCN(CCCn2nc(C)c(=O)[nH]c2=O)CC1.O=C(O)C=CC(=O)O. The Morgan fingerprint density at radius 3 is 1.28 bits per heavy atom. The Morgan fingerprint density at radius 2 is 0.950 bits per heavy atom. The average Bonchev–Trinajstić information content (AvgIpc) is 3.24. The Balaban J connectivity index is 0.000000224. The van der Waals surface area contributed by atoms with Gasteiger partial charge in [-0.15, -0.1) is 0 Å². The lowest BCUT2D eigenvalue weighted by atomic mass is 10.2. The molecule has 4 N–H and O–H groups in total. The molecule has 2 aromatic heterocycles. The number of aromatic nitrogens is 6. The van der Waals surface area contributed by atoms with E-state index in [0.717, 1.165) is 101 Å². The molecule has 0 amide bonds. The molecule has 4 aromatic rings. The number of hydrogen-bond donors (Lipinski definition) is 4. The molecule has 324 valence electrons. The molecule has 0 bridgehead atoms. The Kier molecular flexibility index (Phi) is 17.8. The second-order valence-electron chi connectivity index (χ2n) is 13.9. The van der Waals surface area contributed by atoms with Gasteiger partial charge in [-0.05, 0) is 51.0 Å². The van der Waals surface area contributed by atoms with E-state index in [-0.39, 0.29) is 0 Å². The van der Waals surface area contributed by atoms with Crippen molar-refractivity contribution in [3.05, 3.63) is 114 Å². The molecule has 6 rings (SSSR count). The Morgan fingerprint density at radius 1 is 0.600 bits per heavy atom. The number of para-hydroxylation sites is 4. The van der Waals surface area contributed by atoms with Gasteiger partial charge < -0.3 is 29.5 Å². The van der Waals surface area contributed by atoms with Gasteiger partial charge in [0.2, 0.25) is 0 Å². The van der Waals surface area contributed by atoms with Crippen LogP contribution in [-0.2, 0) is 22.7 Å². The molecule has 0 aliphatic carbocycles. The van der Waals surface area contributed by atoms with Crippen LogP contribution in [0.2, 0.25) is 0 Å². The van der Waals surface area contributed by atoms with Crippen LogP contribution in [0.15, 0.2) is 79.9 Å². The summed E-state index contributed by atoms with van der Waals surface area (Å²) in [4.78, 5) is 79.3. The van der Waals surface area contributed by atoms with Crippen molar-refractivity contribution in [1.29, 1.82) is 0 Å². The standard InChI is InChI=1S/2C18H25N5O3.C4H4O4/c2*1-14-17(24)19-18(25)23(20-14)9-5-8-21-10-12-22(13-11-21)15-6-3-4-7-16(15)26-2;5-3(6)1-2-4(7)8/h2*3-4,6-7H,5,8-13H2,1-2H3,(H,19,24,25);1-2H,(H,5,6)(H,7,8). The van der Waals surface area contributed by atoms with Crippen molar-refractivity contribution in [3.8, 4) is 11.5 Å². The number of anilines is 2. The van der Waals surface area contributed by atoms with Gasteiger partial charge in [0.05, 0.1) is 25.6 Å². The predicted octanol–water partition coefficient (Wildman–Crippen LogP) is 0.634. The second kappa shape index (κ2) is 23.2. The van der Waals surface area contributed by atoms with Crippen LogP contribution < -0.4 is 41.8 Å². The summed E-state index contributed by atoms with van der Waals surface area (Å²) < 4.78 is 13.6. The molecule has 2 aliphatic rings. The summed E-state index contributed by atoms with van der Waals surface area (Å²) >= 11 is 0. The smallest absolute Gasteiger partial charge is 0.344 e. The molecule has 0 radical (unpaired) electrons. The minimum absolute atomic E-state index is 0.315. The zero-order chi connectivity index (χ0) is 43.6. The maximum atomic E-state index is 11.7. The number of nitrogens with zero attached hydrogens (tertiary/aromatic N) is 8. The summed E-state index contributed by atoms with van der Waals surface area (Å²) in [6.07, 6.45) is 2.74. The number of piperazine rings is 2. The summed E-state index contributed by atoms with van der Waals surface area (Å²) in [7, 11) is 3.40. The molecule has 20 heteroatoms. The lowest BCUT2D eigenvalue weighted by Crippen LogP contribution is -2.47. The third-order valence-electron chi connectivity index (χ3n) is 9.76. The number of H-pyrrole nitrogens is 2. The van der Waals surface area contributed by atoms with Gasteiger partial charge in [-0.1, -0.05) is 24.3 Å². The third-order valence-corrected chi connectivity index (χ3v) is 9.76. The number of carbonyl (C=O) groups is 2. The minimum Gasteiger partial charge on any atom is -0.495 e. The van der Waals surface area contributed by atoms with Gasteiger partial charge >= 0.3 is 23.3 Å². The number of methoxy groups -OCH3 is 2. The molecular formula is C40H54N10O10. The zero-order valence-electron chi connectivity index (χ0n) is 34.4. The highest BCUT2D eigenvalue weighted by atomic mass is 16.5. The fourth-order valence-corrected chi connectivity index (χ4v) is 6.59. The number of ether oxygens (including phenoxy) is 2. The van der Waals surface area contributed by atoms with E-state index in [0.29, 0.717) is 36.6 Å². The summed E-state index contributed by atoms with van der Waals surface area (Å²) in [5, 5.41) is 23.7. The number of aliphatic carboxylic acids is 2. The summed E-state index contributed by atoms with van der Waals surface area (Å²) in [5.74, 6) is -0.709. The molecule has 2 aliphatic heterocycles. The number of hydrogen-bond acceptors (Lipinski definition) is 14. The van der Waals surface area contributed by atoms with Gasteiger partial charge in [-0.2, -0.15) is 10.2 Å². The lowest BCUT2D eigenvalue weighted by molar-refractivity contribution is -0.134. The summed E-state index contributed by atoms with van der Waals surface area (Å²) in [6.45, 7) is 13.6. The molecule has 2 aromatic carbocycles. The lowest BCUT2D eigenvalue weighted by Gasteiger charge is -2.36. The van der Waals surface area contributed by atoms with E-state index in [1.165, 1.54) is 9.36 Å². The topological polar surface area (TPSA) is 242 Å². The van der Waals surface area contributed by atoms with Gasteiger partial charge in [0, 0.05) is 90.7 Å². The van der Waals surface area contributed by atoms with Gasteiger partial charge in [0.15, 0.2) is 0 Å². The first-order chi connectivity index (χ1) is 28.8. The molecular weight excluding hydrogens is 780 g/mol. The average molecular weight is 835 g/mol. The van der Waals surface area contributed by atoms with Crippen LogP contribution in [0, 0.1) is 13.8 Å². The zero-order valence-corrected chi connectivity index (χ0v) is 34.4. The maximum Gasteiger partial charge on any atom is 0.344 e. The highest BCUT2D eigenvalue weighted by Crippen LogP contribution is 2.29. The van der Waals surface area contributed by atoms with Gasteiger partial charge in [0.1, 0.15) is 22.9 Å². The number of benzene rings is 2. The highest BCUT2D eigenvalue weighted by molar-refractivity contribution is 5.89. The van der Waals surface area contributed by atoms with E-state index in [1.807, 2.05) is 36.4 Å². The predicted molar refractivity (Wildman–Crippen MR) is 225 cm³/mol. The van der Waals surface area contributed by atoms with E-state index in [1.54, 1.807) is 28.1 Å². The van der Waals surface area contributed by atoms with Crippen molar-refractivity contribution < 1.29 is 29.3 Å². The summed E-state index contributed by atoms with van der Waals surface area (Å²) in [5.41, 5.74) is 1.17. The van der Waals surface area contributed by atoms with Gasteiger partial charge in [-0.25, -0.2) is 28.5 Å². The van der Waals surface area contributed by atoms with E-state index < -0.39 is 34.4 Å². The first kappa shape index (κ1) is 46.2. The van der Waals surface area contributed by atoms with Crippen LogP contribution in [-0.4, -0.2) is 141 Å². The number of aromatic amines is 2. The Labute approximate surface area is 345 Å². The van der Waals surface area contributed by atoms with Crippen LogP contribution in [0.5, 0.6) is 11.5 Å². The monoisotopic (exact) mass is 834 g/mol. The Bertz CT molecular complexity index is 2130. The first-order valence-corrected chi connectivity index (χ1v) is 19.5. The summed E-state index contributed by atoms with van der Waals surface area (Å²) in [6, 6.07) is 16.2. The number of carboxylic acids is 2. The number of rotatable bonds is 14. The van der Waals surface area contributed by atoms with Crippen molar-refractivity contribution >= 4 is 23.3 Å². The largest absolute Gasteiger partial charge is 0.495 e. The number of carboxylic acid groups (broad SMARTS) is 2. The maximum absolute atomic E-state index is 11.7. The van der Waals surface area contributed by atoms with Crippen LogP contribution >= 0.6 is 0 Å².